The maximum absolute atomic E-state index is 10.2. The van der Waals surface area contributed by atoms with E-state index in [1.807, 2.05) is 7.05 Å². The molecular weight excluding hydrogens is 196 g/mol. The average molecular weight is 218 g/mol. The van der Waals surface area contributed by atoms with Crippen LogP contribution in [0.4, 0.5) is 0 Å². The Morgan fingerprint density at radius 1 is 1.47 bits per heavy atom. The highest BCUT2D eigenvalue weighted by atomic mass is 16.4. The minimum atomic E-state index is -0.969. The van der Waals surface area contributed by atoms with Gasteiger partial charge in [0.15, 0.2) is 0 Å². The third-order valence-electron chi connectivity index (χ3n) is 2.31. The molecule has 1 unspecified atom stereocenters. The number of rotatable bonds is 8. The molecule has 0 aromatic carbocycles. The third-order valence-corrected chi connectivity index (χ3v) is 2.31. The Morgan fingerprint density at radius 2 is 2.07 bits per heavy atom. The van der Waals surface area contributed by atoms with Crippen LogP contribution < -0.4 is 5.32 Å². The van der Waals surface area contributed by atoms with E-state index in [2.05, 4.69) is 24.1 Å². The first kappa shape index (κ1) is 14.3. The zero-order valence-electron chi connectivity index (χ0n) is 9.73. The molecule has 0 spiro atoms. The number of nitrogens with zero attached hydrogens (tertiary/aromatic N) is 1. The Labute approximate surface area is 91.1 Å². The SMILES string of the molecule is CC(C)N(C)CCNCC(O)CC(=O)O. The molecule has 0 fully saturated rings. The minimum absolute atomic E-state index is 0.201. The summed E-state index contributed by atoms with van der Waals surface area (Å²) in [4.78, 5) is 12.4. The van der Waals surface area contributed by atoms with Crippen molar-refractivity contribution in [1.82, 2.24) is 10.2 Å². The van der Waals surface area contributed by atoms with E-state index in [1.54, 1.807) is 0 Å². The van der Waals surface area contributed by atoms with Crippen LogP contribution in [0.15, 0.2) is 0 Å². The van der Waals surface area contributed by atoms with Crippen molar-refractivity contribution < 1.29 is 15.0 Å². The Balaban J connectivity index is 3.42. The van der Waals surface area contributed by atoms with Crippen LogP contribution in [0.1, 0.15) is 20.3 Å². The van der Waals surface area contributed by atoms with Gasteiger partial charge in [-0.25, -0.2) is 0 Å². The molecule has 90 valence electrons. The lowest BCUT2D eigenvalue weighted by atomic mass is 10.2. The summed E-state index contributed by atoms with van der Waals surface area (Å²) in [6.07, 6.45) is -1.00. The molecule has 0 rings (SSSR count). The third kappa shape index (κ3) is 8.35. The highest BCUT2D eigenvalue weighted by Gasteiger charge is 2.08. The van der Waals surface area contributed by atoms with Crippen molar-refractivity contribution in [1.29, 1.82) is 0 Å². The number of carbonyl (C=O) groups is 1. The number of carboxylic acids is 1. The van der Waals surface area contributed by atoms with Gasteiger partial charge in [0.25, 0.3) is 0 Å². The Morgan fingerprint density at radius 3 is 2.53 bits per heavy atom. The average Bonchev–Trinajstić information content (AvgIpc) is 2.10. The highest BCUT2D eigenvalue weighted by Crippen LogP contribution is 1.92. The van der Waals surface area contributed by atoms with Crippen molar-refractivity contribution in [2.75, 3.05) is 26.7 Å². The van der Waals surface area contributed by atoms with E-state index < -0.39 is 12.1 Å². The summed E-state index contributed by atoms with van der Waals surface area (Å²) >= 11 is 0. The van der Waals surface area contributed by atoms with Crippen LogP contribution in [-0.2, 0) is 4.79 Å². The second-order valence-electron chi connectivity index (χ2n) is 4.03. The summed E-state index contributed by atoms with van der Waals surface area (Å²) in [6.45, 7) is 6.19. The fraction of sp³-hybridized carbons (Fsp3) is 0.900. The largest absolute Gasteiger partial charge is 0.481 e. The van der Waals surface area contributed by atoms with E-state index in [0.717, 1.165) is 13.1 Å². The van der Waals surface area contributed by atoms with Gasteiger partial charge in [-0.15, -0.1) is 0 Å². The van der Waals surface area contributed by atoms with Crippen molar-refractivity contribution >= 4 is 5.97 Å². The quantitative estimate of drug-likeness (QED) is 0.490. The number of hydrogen-bond acceptors (Lipinski definition) is 4. The van der Waals surface area contributed by atoms with Gasteiger partial charge in [-0.05, 0) is 20.9 Å². The Hall–Kier alpha value is -0.650. The maximum Gasteiger partial charge on any atom is 0.306 e. The lowest BCUT2D eigenvalue weighted by molar-refractivity contribution is -0.139. The summed E-state index contributed by atoms with van der Waals surface area (Å²) in [7, 11) is 2.03. The molecule has 0 saturated heterocycles. The predicted molar refractivity (Wildman–Crippen MR) is 58.9 cm³/mol. The topological polar surface area (TPSA) is 72.8 Å². The number of aliphatic hydroxyl groups is 1. The molecule has 0 aliphatic rings. The summed E-state index contributed by atoms with van der Waals surface area (Å²) in [5.41, 5.74) is 0. The van der Waals surface area contributed by atoms with Gasteiger partial charge in [-0.2, -0.15) is 0 Å². The second kappa shape index (κ2) is 7.62. The molecule has 0 aromatic rings. The summed E-state index contributed by atoms with van der Waals surface area (Å²) < 4.78 is 0. The van der Waals surface area contributed by atoms with E-state index in [0.29, 0.717) is 12.6 Å². The van der Waals surface area contributed by atoms with Crippen LogP contribution in [0.25, 0.3) is 0 Å². The molecule has 0 amide bonds. The molecule has 0 saturated carbocycles. The van der Waals surface area contributed by atoms with Gasteiger partial charge < -0.3 is 20.4 Å². The maximum atomic E-state index is 10.2. The monoisotopic (exact) mass is 218 g/mol. The van der Waals surface area contributed by atoms with Crippen LogP contribution in [0, 0.1) is 0 Å². The smallest absolute Gasteiger partial charge is 0.306 e. The molecule has 0 bridgehead atoms. The molecule has 15 heavy (non-hydrogen) atoms. The molecular formula is C10H22N2O3. The van der Waals surface area contributed by atoms with Crippen molar-refractivity contribution in [3.8, 4) is 0 Å². The Bertz CT molecular complexity index is 186. The number of aliphatic hydroxyl groups excluding tert-OH is 1. The number of likely N-dealkylation sites (N-methyl/N-ethyl adjacent to an activating group) is 1. The van der Waals surface area contributed by atoms with E-state index in [9.17, 15) is 9.90 Å². The Kier molecular flexibility index (Phi) is 7.29. The van der Waals surface area contributed by atoms with Gasteiger partial charge in [0, 0.05) is 25.7 Å². The van der Waals surface area contributed by atoms with E-state index in [-0.39, 0.29) is 6.42 Å². The van der Waals surface area contributed by atoms with Gasteiger partial charge in [0.2, 0.25) is 0 Å². The van der Waals surface area contributed by atoms with Gasteiger partial charge in [-0.1, -0.05) is 0 Å². The van der Waals surface area contributed by atoms with E-state index in [4.69, 9.17) is 5.11 Å². The zero-order chi connectivity index (χ0) is 11.8. The van der Waals surface area contributed by atoms with Crippen molar-refractivity contribution in [2.45, 2.75) is 32.4 Å². The normalized spacial score (nSPS) is 13.5. The van der Waals surface area contributed by atoms with Crippen molar-refractivity contribution in [2.24, 2.45) is 0 Å². The summed E-state index contributed by atoms with van der Waals surface area (Å²) in [6, 6.07) is 0.496. The van der Waals surface area contributed by atoms with Gasteiger partial charge in [-0.3, -0.25) is 4.79 Å². The summed E-state index contributed by atoms with van der Waals surface area (Å²) in [5.74, 6) is -0.969. The van der Waals surface area contributed by atoms with Crippen molar-refractivity contribution in [3.05, 3.63) is 0 Å². The first-order valence-electron chi connectivity index (χ1n) is 5.24. The van der Waals surface area contributed by atoms with Crippen molar-refractivity contribution in [3.63, 3.8) is 0 Å². The van der Waals surface area contributed by atoms with E-state index in [1.165, 1.54) is 0 Å². The first-order valence-corrected chi connectivity index (χ1v) is 5.24. The van der Waals surface area contributed by atoms with Crippen LogP contribution in [-0.4, -0.2) is 59.9 Å². The van der Waals surface area contributed by atoms with Gasteiger partial charge >= 0.3 is 5.97 Å². The fourth-order valence-corrected chi connectivity index (χ4v) is 1.06. The lowest BCUT2D eigenvalue weighted by Gasteiger charge is -2.21. The standard InChI is InChI=1S/C10H22N2O3/c1-8(2)12(3)5-4-11-7-9(13)6-10(14)15/h8-9,11,13H,4-7H2,1-3H3,(H,14,15). The molecule has 0 aliphatic carbocycles. The number of hydrogen-bond donors (Lipinski definition) is 3. The number of carboxylic acid groups (broad SMARTS) is 1. The molecule has 3 N–H and O–H groups in total. The molecule has 5 nitrogen and oxygen atoms in total. The van der Waals surface area contributed by atoms with Crippen LogP contribution in [0.2, 0.25) is 0 Å². The van der Waals surface area contributed by atoms with Gasteiger partial charge in [0.05, 0.1) is 12.5 Å². The number of aliphatic carboxylic acids is 1. The van der Waals surface area contributed by atoms with E-state index >= 15 is 0 Å². The van der Waals surface area contributed by atoms with Crippen LogP contribution in [0.5, 0.6) is 0 Å². The zero-order valence-corrected chi connectivity index (χ0v) is 9.73. The number of nitrogens with one attached hydrogen (secondary N) is 1. The minimum Gasteiger partial charge on any atom is -0.481 e. The fourth-order valence-electron chi connectivity index (χ4n) is 1.06. The van der Waals surface area contributed by atoms with Crippen LogP contribution in [0.3, 0.4) is 0 Å². The molecule has 0 radical (unpaired) electrons. The van der Waals surface area contributed by atoms with Gasteiger partial charge in [0.1, 0.15) is 0 Å². The molecule has 0 aromatic heterocycles. The molecule has 1 atom stereocenters. The predicted octanol–water partition coefficient (Wildman–Crippen LogP) is -0.248. The second-order valence-corrected chi connectivity index (χ2v) is 4.03. The first-order chi connectivity index (χ1) is 6.93. The molecule has 5 heteroatoms. The van der Waals surface area contributed by atoms with Crippen LogP contribution >= 0.6 is 0 Å². The summed E-state index contributed by atoms with van der Waals surface area (Å²) in [5, 5.41) is 20.7. The molecule has 0 heterocycles. The highest BCUT2D eigenvalue weighted by molar-refractivity contribution is 5.67. The lowest BCUT2D eigenvalue weighted by Crippen LogP contribution is -2.36. The molecule has 0 aliphatic heterocycles.